The van der Waals surface area contributed by atoms with Crippen molar-refractivity contribution >= 4 is 17.8 Å². The number of rotatable bonds is 21. The number of hydrogen-bond donors (Lipinski definition) is 4. The first-order valence-electron chi connectivity index (χ1n) is 25.9. The molecule has 0 aliphatic carbocycles. The van der Waals surface area contributed by atoms with E-state index in [-0.39, 0.29) is 68.5 Å². The van der Waals surface area contributed by atoms with Crippen molar-refractivity contribution in [1.29, 1.82) is 0 Å². The zero-order chi connectivity index (χ0) is 51.2. The minimum atomic E-state index is -1.02. The molecule has 5 aliphatic heterocycles. The molecule has 5 atom stereocenters. The third-order valence-electron chi connectivity index (χ3n) is 15.2. The van der Waals surface area contributed by atoms with Crippen molar-refractivity contribution in [1.82, 2.24) is 14.7 Å². The molecule has 1 fully saturated rings. The minimum absolute atomic E-state index is 0.0300. The zero-order valence-electron chi connectivity index (χ0n) is 43.5. The molecule has 4 N–H and O–H groups in total. The second-order valence-electron chi connectivity index (χ2n) is 21.5. The van der Waals surface area contributed by atoms with Crippen LogP contribution >= 0.6 is 0 Å². The van der Waals surface area contributed by atoms with Gasteiger partial charge in [-0.3, -0.25) is 14.5 Å². The summed E-state index contributed by atoms with van der Waals surface area (Å²) >= 11 is 0. The molecule has 1 saturated heterocycles. The lowest BCUT2D eigenvalue weighted by Gasteiger charge is -2.41. The summed E-state index contributed by atoms with van der Waals surface area (Å²) in [4.78, 5) is 48.1. The topological polar surface area (TPSA) is 179 Å². The Kier molecular flexibility index (Phi) is 17.5. The standard InChI is InChI=1S/C57H79N3O11/c1-36(2)14-9-16-38(5)18-11-21-56(7)49(63)32-42-47(61)30-40-44(51(42)70-56)34-59(53(40)65)23-13-20-46(55(67)69-29-26-58-24-27-68-28-25-58)60-35-45-41(54(60)66)31-48(62)43-33-50(64)57(8,71-52(43)45)22-12-19-39(6)17-10-15-37(3)4/h14-15,18-19,30-31,46,49-50,61-64H,9-13,16-17,20-29,32-35H2,1-8H3/b38-18+,39-19+/t46-,49-,50-,56+,57+/m0/s1. The van der Waals surface area contributed by atoms with Crippen LogP contribution in [0.2, 0.25) is 0 Å². The van der Waals surface area contributed by atoms with Crippen molar-refractivity contribution in [3.63, 3.8) is 0 Å². The van der Waals surface area contributed by atoms with Gasteiger partial charge in [0.15, 0.2) is 0 Å². The SMILES string of the molecule is CC(C)=CCC/C(C)=C/CC[C@@]1(C)Oc2c(c(O)cc3c2CN(CCC[C@@H](C(=O)OCCN2CCOCC2)N2Cc4c(cc(O)c5c4O[C@](C)(CC/C=C(\C)CCC=C(C)C)[C@@H](O)C5)C2=O)C3=O)C[C@@H]1O. The first-order chi connectivity index (χ1) is 33.8. The predicted molar refractivity (Wildman–Crippen MR) is 273 cm³/mol. The van der Waals surface area contributed by atoms with Crippen molar-refractivity contribution in [2.24, 2.45) is 0 Å². The van der Waals surface area contributed by atoms with E-state index in [0.29, 0.717) is 91.2 Å². The zero-order valence-corrected chi connectivity index (χ0v) is 43.5. The van der Waals surface area contributed by atoms with Crippen LogP contribution in [0.15, 0.2) is 58.7 Å². The number of nitrogens with zero attached hydrogens (tertiary/aromatic N) is 3. The summed E-state index contributed by atoms with van der Waals surface area (Å²) in [6.45, 7) is 20.1. The highest BCUT2D eigenvalue weighted by atomic mass is 16.5. The van der Waals surface area contributed by atoms with Crippen molar-refractivity contribution in [3.05, 3.63) is 92.1 Å². The Morgan fingerprint density at radius 1 is 0.718 bits per heavy atom. The third-order valence-corrected chi connectivity index (χ3v) is 15.2. The number of morpholine rings is 1. The normalized spacial score (nSPS) is 23.6. The molecule has 2 amide bonds. The molecule has 0 bridgehead atoms. The molecule has 14 nitrogen and oxygen atoms in total. The third kappa shape index (κ3) is 12.6. The van der Waals surface area contributed by atoms with Gasteiger partial charge in [0, 0.05) is 61.3 Å². The molecular formula is C57H79N3O11. The number of ether oxygens (including phenoxy) is 4. The van der Waals surface area contributed by atoms with Crippen LogP contribution in [0.3, 0.4) is 0 Å². The summed E-state index contributed by atoms with van der Waals surface area (Å²) in [5.74, 6) is -0.723. The number of aliphatic hydroxyl groups excluding tert-OH is 2. The number of carbonyl (C=O) groups excluding carboxylic acids is 3. The summed E-state index contributed by atoms with van der Waals surface area (Å²) in [5.41, 5.74) is 5.85. The minimum Gasteiger partial charge on any atom is -0.508 e. The van der Waals surface area contributed by atoms with Crippen LogP contribution in [0.5, 0.6) is 23.0 Å². The van der Waals surface area contributed by atoms with E-state index in [1.165, 1.54) is 39.3 Å². The van der Waals surface area contributed by atoms with Gasteiger partial charge in [0.1, 0.15) is 46.8 Å². The lowest BCUT2D eigenvalue weighted by Crippen LogP contribution is -2.49. The van der Waals surface area contributed by atoms with E-state index in [2.05, 4.69) is 70.7 Å². The average molecular weight is 982 g/mol. The Labute approximate surface area is 421 Å². The van der Waals surface area contributed by atoms with Gasteiger partial charge in [0.2, 0.25) is 0 Å². The smallest absolute Gasteiger partial charge is 0.328 e. The van der Waals surface area contributed by atoms with Crippen LogP contribution in [0.4, 0.5) is 0 Å². The van der Waals surface area contributed by atoms with Gasteiger partial charge in [0.25, 0.3) is 11.8 Å². The molecule has 14 heteroatoms. The fraction of sp³-hybridized carbons (Fsp3) is 0.596. The number of phenols is 2. The summed E-state index contributed by atoms with van der Waals surface area (Å²) in [7, 11) is 0. The Morgan fingerprint density at radius 2 is 1.23 bits per heavy atom. The highest BCUT2D eigenvalue weighted by Crippen LogP contribution is 2.48. The summed E-state index contributed by atoms with van der Waals surface area (Å²) < 4.78 is 24.7. The molecule has 0 radical (unpaired) electrons. The Morgan fingerprint density at radius 3 is 1.75 bits per heavy atom. The number of hydrogen-bond acceptors (Lipinski definition) is 12. The van der Waals surface area contributed by atoms with Gasteiger partial charge in [-0.1, -0.05) is 46.6 Å². The highest BCUT2D eigenvalue weighted by molar-refractivity contribution is 6.02. The predicted octanol–water partition coefficient (Wildman–Crippen LogP) is 8.79. The molecule has 0 aromatic heterocycles. The number of fused-ring (bicyclic) bond motifs is 6. The van der Waals surface area contributed by atoms with Gasteiger partial charge in [-0.2, -0.15) is 0 Å². The maximum absolute atomic E-state index is 14.5. The van der Waals surface area contributed by atoms with Crippen molar-refractivity contribution in [2.75, 3.05) is 46.0 Å². The summed E-state index contributed by atoms with van der Waals surface area (Å²) in [5, 5.41) is 45.3. The van der Waals surface area contributed by atoms with Crippen LogP contribution in [-0.4, -0.2) is 128 Å². The quantitative estimate of drug-likeness (QED) is 0.0692. The molecule has 2 aromatic rings. The van der Waals surface area contributed by atoms with E-state index < -0.39 is 41.3 Å². The van der Waals surface area contributed by atoms with Crippen molar-refractivity contribution < 1.29 is 53.8 Å². The summed E-state index contributed by atoms with van der Waals surface area (Å²) in [6, 6.07) is 1.86. The van der Waals surface area contributed by atoms with E-state index >= 15 is 0 Å². The lowest BCUT2D eigenvalue weighted by atomic mass is 9.84. The Bertz CT molecular complexity index is 2430. The van der Waals surface area contributed by atoms with Crippen LogP contribution in [0.1, 0.15) is 163 Å². The number of benzene rings is 2. The van der Waals surface area contributed by atoms with E-state index in [1.807, 2.05) is 13.8 Å². The van der Waals surface area contributed by atoms with Gasteiger partial charge in [-0.15, -0.1) is 0 Å². The molecule has 5 aliphatic rings. The van der Waals surface area contributed by atoms with Crippen molar-refractivity contribution in [2.45, 2.75) is 175 Å². The van der Waals surface area contributed by atoms with Gasteiger partial charge in [-0.05, 0) is 132 Å². The maximum atomic E-state index is 14.5. The molecule has 0 spiro atoms. The highest BCUT2D eigenvalue weighted by Gasteiger charge is 2.47. The molecule has 7 rings (SSSR count). The van der Waals surface area contributed by atoms with Crippen LogP contribution in [0.25, 0.3) is 0 Å². The van der Waals surface area contributed by atoms with Gasteiger partial charge in [0.05, 0.1) is 49.6 Å². The maximum Gasteiger partial charge on any atom is 0.328 e. The number of allylic oxidation sites excluding steroid dienone is 8. The monoisotopic (exact) mass is 982 g/mol. The fourth-order valence-corrected chi connectivity index (χ4v) is 10.6. The lowest BCUT2D eigenvalue weighted by molar-refractivity contribution is -0.150. The first kappa shape index (κ1) is 53.6. The second-order valence-corrected chi connectivity index (χ2v) is 21.5. The number of esters is 1. The number of aliphatic hydroxyl groups is 2. The molecule has 2 aromatic carbocycles. The summed E-state index contributed by atoms with van der Waals surface area (Å²) in [6.07, 6.45) is 14.1. The Hall–Kier alpha value is -5.15. The molecule has 0 saturated carbocycles. The van der Waals surface area contributed by atoms with Crippen LogP contribution in [-0.2, 0) is 40.2 Å². The fourth-order valence-electron chi connectivity index (χ4n) is 10.6. The molecule has 71 heavy (non-hydrogen) atoms. The molecular weight excluding hydrogens is 903 g/mol. The van der Waals surface area contributed by atoms with Crippen LogP contribution in [0, 0.1) is 0 Å². The molecule has 5 heterocycles. The van der Waals surface area contributed by atoms with Crippen LogP contribution < -0.4 is 9.47 Å². The average Bonchev–Trinajstić information content (AvgIpc) is 3.80. The van der Waals surface area contributed by atoms with E-state index in [9.17, 15) is 34.8 Å². The number of phenolic OH excluding ortho intramolecular Hbond substituents is 2. The number of amides is 2. The van der Waals surface area contributed by atoms with Gasteiger partial charge in [-0.25, -0.2) is 4.79 Å². The molecule has 0 unspecified atom stereocenters. The second kappa shape index (κ2) is 23.2. The Balaban J connectivity index is 1.06. The van der Waals surface area contributed by atoms with Crippen molar-refractivity contribution in [3.8, 4) is 23.0 Å². The number of aromatic hydroxyl groups is 2. The first-order valence-corrected chi connectivity index (χ1v) is 25.9. The van der Waals surface area contributed by atoms with E-state index in [1.54, 1.807) is 4.90 Å². The van der Waals surface area contributed by atoms with Gasteiger partial charge >= 0.3 is 5.97 Å². The van der Waals surface area contributed by atoms with Gasteiger partial charge < -0.3 is 49.2 Å². The largest absolute Gasteiger partial charge is 0.508 e. The molecule has 388 valence electrons. The van der Waals surface area contributed by atoms with E-state index in [4.69, 9.17) is 18.9 Å². The van der Waals surface area contributed by atoms with E-state index in [0.717, 1.165) is 38.8 Å². The number of carbonyl (C=O) groups is 3.